The first-order chi connectivity index (χ1) is 10.5. The van der Waals surface area contributed by atoms with Crippen LogP contribution in [0.25, 0.3) is 11.1 Å². The molecule has 0 bridgehead atoms. The van der Waals surface area contributed by atoms with Crippen LogP contribution in [0.15, 0.2) is 30.3 Å². The van der Waals surface area contributed by atoms with E-state index in [1.54, 1.807) is 31.2 Å². The summed E-state index contributed by atoms with van der Waals surface area (Å²) in [6.45, 7) is 2.00. The Morgan fingerprint density at radius 3 is 2.59 bits per heavy atom. The number of carbonyl (C=O) groups is 1. The lowest BCUT2D eigenvalue weighted by Crippen LogP contribution is -2.12. The number of aromatic hydroxyl groups is 1. The van der Waals surface area contributed by atoms with Gasteiger partial charge in [0.25, 0.3) is 5.91 Å². The van der Waals surface area contributed by atoms with E-state index in [0.717, 1.165) is 11.1 Å². The van der Waals surface area contributed by atoms with Gasteiger partial charge in [-0.3, -0.25) is 4.79 Å². The Morgan fingerprint density at radius 2 is 1.91 bits per heavy atom. The van der Waals surface area contributed by atoms with E-state index in [-0.39, 0.29) is 11.7 Å². The topological polar surface area (TPSA) is 78.8 Å². The molecule has 114 valence electrons. The Morgan fingerprint density at radius 1 is 1.18 bits per heavy atom. The van der Waals surface area contributed by atoms with E-state index in [0.29, 0.717) is 29.0 Å². The summed E-state index contributed by atoms with van der Waals surface area (Å²) in [5, 5.41) is 23.3. The molecule has 2 aromatic carbocycles. The third kappa shape index (κ3) is 2.10. The highest BCUT2D eigenvalue weighted by Gasteiger charge is 2.25. The van der Waals surface area contributed by atoms with Gasteiger partial charge in [0.2, 0.25) is 0 Å². The zero-order valence-corrected chi connectivity index (χ0v) is 12.4. The first-order valence-electron chi connectivity index (χ1n) is 7.03. The molecular weight excluding hydrogens is 282 g/mol. The number of methoxy groups -OCH3 is 1. The normalized spacial score (nSPS) is 14.4. The number of nitrogens with one attached hydrogen (secondary N) is 1. The molecule has 1 heterocycles. The highest BCUT2D eigenvalue weighted by molar-refractivity contribution is 6.00. The minimum atomic E-state index is -0.869. The van der Waals surface area contributed by atoms with Crippen LogP contribution < -0.4 is 10.1 Å². The average molecular weight is 299 g/mol. The van der Waals surface area contributed by atoms with Crippen LogP contribution in [0.1, 0.15) is 34.5 Å². The highest BCUT2D eigenvalue weighted by Crippen LogP contribution is 2.42. The van der Waals surface area contributed by atoms with Gasteiger partial charge in [0, 0.05) is 17.7 Å². The Kier molecular flexibility index (Phi) is 3.50. The van der Waals surface area contributed by atoms with E-state index < -0.39 is 6.10 Å². The van der Waals surface area contributed by atoms with Crippen molar-refractivity contribution in [1.82, 2.24) is 5.32 Å². The third-order valence-electron chi connectivity index (χ3n) is 3.95. The standard InChI is InChI=1S/C17H17NO4/c1-9(19)15-14(22-2)7-6-11(16(15)20)10-4-3-5-12-13(10)8-18-17(12)21/h3-7,9,19-20H,8H2,1-2H3,(H,18,21). The van der Waals surface area contributed by atoms with Crippen LogP contribution in [0, 0.1) is 0 Å². The maximum absolute atomic E-state index is 11.8. The summed E-state index contributed by atoms with van der Waals surface area (Å²) >= 11 is 0. The molecular formula is C17H17NO4. The molecule has 0 saturated carbocycles. The molecule has 1 unspecified atom stereocenters. The number of carbonyl (C=O) groups excluding carboxylic acids is 1. The lowest BCUT2D eigenvalue weighted by Gasteiger charge is -2.17. The molecule has 0 saturated heterocycles. The monoisotopic (exact) mass is 299 g/mol. The molecule has 5 nitrogen and oxygen atoms in total. The fourth-order valence-corrected chi connectivity index (χ4v) is 2.89. The second-order valence-corrected chi connectivity index (χ2v) is 5.27. The highest BCUT2D eigenvalue weighted by atomic mass is 16.5. The van der Waals surface area contributed by atoms with Gasteiger partial charge in [-0.2, -0.15) is 0 Å². The molecule has 1 atom stereocenters. The number of hydrogen-bond acceptors (Lipinski definition) is 4. The van der Waals surface area contributed by atoms with Crippen molar-refractivity contribution in [3.8, 4) is 22.6 Å². The Hall–Kier alpha value is -2.53. The van der Waals surface area contributed by atoms with Gasteiger partial charge in [-0.1, -0.05) is 12.1 Å². The first-order valence-corrected chi connectivity index (χ1v) is 7.03. The number of aliphatic hydroxyl groups is 1. The quantitative estimate of drug-likeness (QED) is 0.813. The van der Waals surface area contributed by atoms with E-state index >= 15 is 0 Å². The fourth-order valence-electron chi connectivity index (χ4n) is 2.89. The second-order valence-electron chi connectivity index (χ2n) is 5.27. The van der Waals surface area contributed by atoms with Gasteiger partial charge in [-0.05, 0) is 36.2 Å². The number of ether oxygens (including phenoxy) is 1. The number of amides is 1. The summed E-state index contributed by atoms with van der Waals surface area (Å²) in [5.41, 5.74) is 3.16. The predicted octanol–water partition coefficient (Wildman–Crippen LogP) is 2.36. The summed E-state index contributed by atoms with van der Waals surface area (Å²) in [6, 6.07) is 8.84. The molecule has 0 fully saturated rings. The lowest BCUT2D eigenvalue weighted by molar-refractivity contribution is 0.0965. The van der Waals surface area contributed by atoms with Crippen molar-refractivity contribution in [2.45, 2.75) is 19.6 Å². The maximum atomic E-state index is 11.8. The zero-order chi connectivity index (χ0) is 15.9. The van der Waals surface area contributed by atoms with Crippen LogP contribution in [-0.2, 0) is 6.54 Å². The second kappa shape index (κ2) is 5.35. The number of benzene rings is 2. The van der Waals surface area contributed by atoms with Crippen molar-refractivity contribution < 1.29 is 19.7 Å². The van der Waals surface area contributed by atoms with Crippen molar-refractivity contribution in [3.05, 3.63) is 47.0 Å². The molecule has 0 aliphatic carbocycles. The molecule has 1 aliphatic heterocycles. The number of aliphatic hydroxyl groups excluding tert-OH is 1. The molecule has 22 heavy (non-hydrogen) atoms. The third-order valence-corrected chi connectivity index (χ3v) is 3.95. The van der Waals surface area contributed by atoms with Gasteiger partial charge in [-0.25, -0.2) is 0 Å². The molecule has 3 N–H and O–H groups in total. The Balaban J connectivity index is 2.23. The van der Waals surface area contributed by atoms with Gasteiger partial charge < -0.3 is 20.3 Å². The molecule has 3 rings (SSSR count). The van der Waals surface area contributed by atoms with Crippen LogP contribution in [0.3, 0.4) is 0 Å². The Bertz CT molecular complexity index is 753. The number of hydrogen-bond donors (Lipinski definition) is 3. The maximum Gasteiger partial charge on any atom is 0.251 e. The van der Waals surface area contributed by atoms with E-state index in [1.165, 1.54) is 7.11 Å². The number of phenols is 1. The largest absolute Gasteiger partial charge is 0.507 e. The van der Waals surface area contributed by atoms with Crippen molar-refractivity contribution in [2.75, 3.05) is 7.11 Å². The fraction of sp³-hybridized carbons (Fsp3) is 0.235. The molecule has 2 aromatic rings. The summed E-state index contributed by atoms with van der Waals surface area (Å²) in [7, 11) is 1.49. The average Bonchev–Trinajstić information content (AvgIpc) is 2.88. The summed E-state index contributed by atoms with van der Waals surface area (Å²) in [4.78, 5) is 11.8. The predicted molar refractivity (Wildman–Crippen MR) is 81.9 cm³/mol. The minimum Gasteiger partial charge on any atom is -0.507 e. The molecule has 1 amide bonds. The number of phenolic OH excluding ortho intramolecular Hbond substituents is 1. The van der Waals surface area contributed by atoms with Gasteiger partial charge in [0.1, 0.15) is 11.5 Å². The summed E-state index contributed by atoms with van der Waals surface area (Å²) in [6.07, 6.45) is -0.869. The number of fused-ring (bicyclic) bond motifs is 1. The summed E-state index contributed by atoms with van der Waals surface area (Å²) < 4.78 is 5.20. The minimum absolute atomic E-state index is 0.0258. The van der Waals surface area contributed by atoms with Crippen molar-refractivity contribution in [3.63, 3.8) is 0 Å². The molecule has 0 radical (unpaired) electrons. The van der Waals surface area contributed by atoms with E-state index in [9.17, 15) is 15.0 Å². The van der Waals surface area contributed by atoms with Crippen LogP contribution in [0.4, 0.5) is 0 Å². The van der Waals surface area contributed by atoms with Gasteiger partial charge in [0.15, 0.2) is 0 Å². The molecule has 1 aliphatic rings. The summed E-state index contributed by atoms with van der Waals surface area (Å²) in [5.74, 6) is 0.292. The zero-order valence-electron chi connectivity index (χ0n) is 12.4. The van der Waals surface area contributed by atoms with Crippen LogP contribution in [-0.4, -0.2) is 23.2 Å². The number of rotatable bonds is 3. The SMILES string of the molecule is COc1ccc(-c2cccc3c2CNC3=O)c(O)c1C(C)O. The van der Waals surface area contributed by atoms with E-state index in [2.05, 4.69) is 5.32 Å². The van der Waals surface area contributed by atoms with Gasteiger partial charge in [-0.15, -0.1) is 0 Å². The Labute approximate surface area is 128 Å². The van der Waals surface area contributed by atoms with Crippen molar-refractivity contribution >= 4 is 5.91 Å². The molecule has 0 aromatic heterocycles. The van der Waals surface area contributed by atoms with Crippen LogP contribution >= 0.6 is 0 Å². The van der Waals surface area contributed by atoms with Crippen LogP contribution in [0.2, 0.25) is 0 Å². The molecule has 0 spiro atoms. The van der Waals surface area contributed by atoms with Gasteiger partial charge in [0.05, 0.1) is 18.8 Å². The van der Waals surface area contributed by atoms with Crippen LogP contribution in [0.5, 0.6) is 11.5 Å². The molecule has 5 heteroatoms. The van der Waals surface area contributed by atoms with E-state index in [1.807, 2.05) is 6.07 Å². The lowest BCUT2D eigenvalue weighted by atomic mass is 9.93. The first kappa shape index (κ1) is 14.4. The van der Waals surface area contributed by atoms with Crippen molar-refractivity contribution in [2.24, 2.45) is 0 Å². The van der Waals surface area contributed by atoms with Gasteiger partial charge >= 0.3 is 0 Å². The van der Waals surface area contributed by atoms with E-state index in [4.69, 9.17) is 4.74 Å². The van der Waals surface area contributed by atoms with Crippen molar-refractivity contribution in [1.29, 1.82) is 0 Å². The smallest absolute Gasteiger partial charge is 0.251 e.